The van der Waals surface area contributed by atoms with Crippen LogP contribution in [-0.2, 0) is 14.2 Å². The monoisotopic (exact) mass is 364 g/mol. The summed E-state index contributed by atoms with van der Waals surface area (Å²) in [6.45, 7) is 6.97. The number of hydrogen-bond acceptors (Lipinski definition) is 6. The molecule has 0 fully saturated rings. The van der Waals surface area contributed by atoms with E-state index < -0.39 is 24.9 Å². The maximum atomic E-state index is 11.8. The molecule has 26 heavy (non-hydrogen) atoms. The second kappa shape index (κ2) is 7.97. The number of carbonyl (C=O) groups excluding carboxylic acids is 2. The normalized spacial score (nSPS) is 16.1. The Hall–Kier alpha value is -2.26. The first kappa shape index (κ1) is 20.1. The number of benzene rings is 1. The Morgan fingerprint density at radius 2 is 2.08 bits per heavy atom. The van der Waals surface area contributed by atoms with Crippen molar-refractivity contribution in [2.75, 3.05) is 20.3 Å². The van der Waals surface area contributed by atoms with Gasteiger partial charge in [-0.15, -0.1) is 0 Å². The first-order valence-electron chi connectivity index (χ1n) is 8.36. The number of rotatable bonds is 5. The van der Waals surface area contributed by atoms with Gasteiger partial charge in [-0.3, -0.25) is 4.79 Å². The lowest BCUT2D eigenvalue weighted by molar-refractivity contribution is -0.130. The summed E-state index contributed by atoms with van der Waals surface area (Å²) in [7, 11) is 0.445. The molecule has 1 aliphatic rings. The summed E-state index contributed by atoms with van der Waals surface area (Å²) in [5.41, 5.74) is 0.624. The van der Waals surface area contributed by atoms with Gasteiger partial charge in [0, 0.05) is 26.0 Å². The molecule has 1 aromatic carbocycles. The number of alkyl carbamates (subject to hydrolysis) is 1. The van der Waals surface area contributed by atoms with E-state index in [1.807, 2.05) is 0 Å². The van der Waals surface area contributed by atoms with Gasteiger partial charge in [0.05, 0.1) is 6.10 Å². The first-order valence-corrected chi connectivity index (χ1v) is 8.36. The summed E-state index contributed by atoms with van der Waals surface area (Å²) in [5.74, 6) is 0.302. The van der Waals surface area contributed by atoms with Crippen molar-refractivity contribution in [3.05, 3.63) is 23.8 Å². The Labute approximate surface area is 153 Å². The van der Waals surface area contributed by atoms with Crippen molar-refractivity contribution in [2.45, 2.75) is 39.4 Å². The topological polar surface area (TPSA) is 97.3 Å². The van der Waals surface area contributed by atoms with Crippen molar-refractivity contribution >= 4 is 24.6 Å². The number of carbonyl (C=O) groups is 2. The molecule has 1 aliphatic heterocycles. The van der Waals surface area contributed by atoms with Crippen molar-refractivity contribution in [3.8, 4) is 5.75 Å². The van der Waals surface area contributed by atoms with E-state index in [0.29, 0.717) is 11.2 Å². The van der Waals surface area contributed by atoms with Crippen LogP contribution in [0.5, 0.6) is 5.75 Å². The first-order chi connectivity index (χ1) is 12.1. The number of ether oxygens (including phenoxy) is 2. The number of fused-ring (bicyclic) bond motifs is 1. The smallest absolute Gasteiger partial charge is 0.473 e. The van der Waals surface area contributed by atoms with E-state index in [2.05, 4.69) is 5.32 Å². The Morgan fingerprint density at radius 1 is 1.38 bits per heavy atom. The summed E-state index contributed by atoms with van der Waals surface area (Å²) < 4.78 is 16.4. The fourth-order valence-electron chi connectivity index (χ4n) is 2.43. The van der Waals surface area contributed by atoms with E-state index in [1.54, 1.807) is 46.0 Å². The predicted molar refractivity (Wildman–Crippen MR) is 96.1 cm³/mol. The van der Waals surface area contributed by atoms with Crippen LogP contribution in [0.3, 0.4) is 0 Å². The van der Waals surface area contributed by atoms with Crippen molar-refractivity contribution in [2.24, 2.45) is 0 Å². The number of hydrogen-bond donors (Lipinski definition) is 2. The van der Waals surface area contributed by atoms with Crippen LogP contribution >= 0.6 is 0 Å². The van der Waals surface area contributed by atoms with Gasteiger partial charge in [-0.25, -0.2) is 4.79 Å². The number of nitrogens with one attached hydrogen (secondary N) is 1. The van der Waals surface area contributed by atoms with E-state index in [4.69, 9.17) is 14.1 Å². The molecule has 2 N–H and O–H groups in total. The summed E-state index contributed by atoms with van der Waals surface area (Å²) in [6.07, 6.45) is -1.08. The molecule has 1 unspecified atom stereocenters. The van der Waals surface area contributed by atoms with Crippen LogP contribution in [0, 0.1) is 0 Å². The highest BCUT2D eigenvalue weighted by Gasteiger charge is 2.38. The third kappa shape index (κ3) is 5.12. The minimum absolute atomic E-state index is 0.0549. The zero-order chi connectivity index (χ0) is 19.5. The zero-order valence-corrected chi connectivity index (χ0v) is 15.7. The molecule has 1 atom stereocenters. The fraction of sp³-hybridized carbons (Fsp3) is 0.529. The molecule has 8 nitrogen and oxygen atoms in total. The third-order valence-corrected chi connectivity index (χ3v) is 3.77. The highest BCUT2D eigenvalue weighted by molar-refractivity contribution is 6.62. The molecule has 0 radical (unpaired) electrons. The summed E-state index contributed by atoms with van der Waals surface area (Å²) >= 11 is 0. The van der Waals surface area contributed by atoms with Gasteiger partial charge < -0.3 is 29.4 Å². The SMILES string of the molecule is CC(=O)N(C)COc1cccc2c1B(O)OC2CNC(=O)OC(C)(C)C. The van der Waals surface area contributed by atoms with Crippen molar-refractivity contribution in [1.82, 2.24) is 10.2 Å². The van der Waals surface area contributed by atoms with Crippen LogP contribution in [0.15, 0.2) is 18.2 Å². The van der Waals surface area contributed by atoms with E-state index in [9.17, 15) is 14.6 Å². The molecule has 142 valence electrons. The highest BCUT2D eigenvalue weighted by Crippen LogP contribution is 2.27. The molecule has 0 saturated heterocycles. The quantitative estimate of drug-likeness (QED) is 0.592. The molecule has 0 spiro atoms. The minimum atomic E-state index is -1.17. The minimum Gasteiger partial charge on any atom is -0.473 e. The zero-order valence-electron chi connectivity index (χ0n) is 15.7. The molecule has 1 heterocycles. The van der Waals surface area contributed by atoms with Crippen LogP contribution in [-0.4, -0.2) is 55.0 Å². The van der Waals surface area contributed by atoms with E-state index in [1.165, 1.54) is 11.8 Å². The van der Waals surface area contributed by atoms with Crippen molar-refractivity contribution in [1.29, 1.82) is 0 Å². The van der Waals surface area contributed by atoms with Gasteiger partial charge in [0.15, 0.2) is 6.73 Å². The molecule has 2 rings (SSSR count). The maximum Gasteiger partial charge on any atom is 0.495 e. The van der Waals surface area contributed by atoms with Gasteiger partial charge in [0.2, 0.25) is 5.91 Å². The molecule has 1 aromatic rings. The standard InChI is InChI=1S/C17H25BN2O6/c1-11(21)20(5)10-24-13-8-6-7-12-14(26-18(23)15(12)13)9-19-16(22)25-17(2,3)4/h6-8,14,23H,9-10H2,1-5H3,(H,19,22). The molecule has 9 heteroatoms. The summed E-state index contributed by atoms with van der Waals surface area (Å²) in [5, 5.41) is 12.9. The lowest BCUT2D eigenvalue weighted by Gasteiger charge is -2.21. The Kier molecular flexibility index (Phi) is 6.15. The molecular weight excluding hydrogens is 339 g/mol. The summed E-state index contributed by atoms with van der Waals surface area (Å²) in [4.78, 5) is 24.5. The third-order valence-electron chi connectivity index (χ3n) is 3.77. The highest BCUT2D eigenvalue weighted by atomic mass is 16.6. The summed E-state index contributed by atoms with van der Waals surface area (Å²) in [6, 6.07) is 5.27. The van der Waals surface area contributed by atoms with Gasteiger partial charge in [-0.1, -0.05) is 12.1 Å². The molecule has 2 amide bonds. The molecule has 0 bridgehead atoms. The Morgan fingerprint density at radius 3 is 2.69 bits per heavy atom. The largest absolute Gasteiger partial charge is 0.495 e. The maximum absolute atomic E-state index is 11.8. The van der Waals surface area contributed by atoms with E-state index in [-0.39, 0.29) is 19.2 Å². The predicted octanol–water partition coefficient (Wildman–Crippen LogP) is 0.785. The number of amides is 2. The van der Waals surface area contributed by atoms with Crippen LogP contribution in [0.2, 0.25) is 0 Å². The molecular formula is C17H25BN2O6. The van der Waals surface area contributed by atoms with Crippen molar-refractivity contribution in [3.63, 3.8) is 0 Å². The lowest BCUT2D eigenvalue weighted by Crippen LogP contribution is -2.35. The van der Waals surface area contributed by atoms with Crippen LogP contribution in [0.25, 0.3) is 0 Å². The lowest BCUT2D eigenvalue weighted by atomic mass is 9.78. The Bertz CT molecular complexity index is 676. The molecule has 0 aromatic heterocycles. The van der Waals surface area contributed by atoms with Gasteiger partial charge >= 0.3 is 13.2 Å². The van der Waals surface area contributed by atoms with Gasteiger partial charge in [0.1, 0.15) is 11.4 Å². The van der Waals surface area contributed by atoms with Crippen LogP contribution in [0.1, 0.15) is 39.4 Å². The van der Waals surface area contributed by atoms with Gasteiger partial charge in [-0.2, -0.15) is 0 Å². The number of nitrogens with zero attached hydrogens (tertiary/aromatic N) is 1. The fourth-order valence-corrected chi connectivity index (χ4v) is 2.43. The van der Waals surface area contributed by atoms with Gasteiger partial charge in [-0.05, 0) is 32.4 Å². The molecule has 0 aliphatic carbocycles. The van der Waals surface area contributed by atoms with Crippen LogP contribution in [0.4, 0.5) is 4.79 Å². The van der Waals surface area contributed by atoms with Gasteiger partial charge in [0.25, 0.3) is 0 Å². The molecule has 0 saturated carbocycles. The second-order valence-electron chi connectivity index (χ2n) is 7.11. The van der Waals surface area contributed by atoms with Crippen molar-refractivity contribution < 1.29 is 28.7 Å². The average molecular weight is 364 g/mol. The van der Waals surface area contributed by atoms with E-state index in [0.717, 1.165) is 5.56 Å². The van der Waals surface area contributed by atoms with Crippen LogP contribution < -0.4 is 15.5 Å². The average Bonchev–Trinajstić information content (AvgIpc) is 2.86. The second-order valence-corrected chi connectivity index (χ2v) is 7.11. The van der Waals surface area contributed by atoms with E-state index >= 15 is 0 Å². The Balaban J connectivity index is 2.05.